The smallest absolute Gasteiger partial charge is 0.124 e. The van der Waals surface area contributed by atoms with Gasteiger partial charge >= 0.3 is 0 Å². The SMILES string of the molecule is C[C@@H](N)c1ccccc1OCCn1ccnc1. The average molecular weight is 231 g/mol. The molecule has 0 unspecified atom stereocenters. The topological polar surface area (TPSA) is 53.1 Å². The van der Waals surface area contributed by atoms with E-state index in [1.165, 1.54) is 0 Å². The Morgan fingerprint density at radius 2 is 2.24 bits per heavy atom. The fourth-order valence-corrected chi connectivity index (χ4v) is 1.67. The molecule has 0 fully saturated rings. The average Bonchev–Trinajstić information content (AvgIpc) is 2.82. The molecule has 4 heteroatoms. The maximum Gasteiger partial charge on any atom is 0.124 e. The van der Waals surface area contributed by atoms with Gasteiger partial charge in [0, 0.05) is 24.0 Å². The summed E-state index contributed by atoms with van der Waals surface area (Å²) in [5.74, 6) is 0.864. The normalized spacial score (nSPS) is 12.4. The number of nitrogens with two attached hydrogens (primary N) is 1. The van der Waals surface area contributed by atoms with E-state index < -0.39 is 0 Å². The van der Waals surface area contributed by atoms with Gasteiger partial charge in [-0.2, -0.15) is 0 Å². The van der Waals surface area contributed by atoms with E-state index in [9.17, 15) is 0 Å². The van der Waals surface area contributed by atoms with Gasteiger partial charge in [0.2, 0.25) is 0 Å². The van der Waals surface area contributed by atoms with Gasteiger partial charge in [-0.05, 0) is 13.0 Å². The molecule has 1 aromatic carbocycles. The molecule has 0 radical (unpaired) electrons. The van der Waals surface area contributed by atoms with Gasteiger partial charge in [0.15, 0.2) is 0 Å². The fraction of sp³-hybridized carbons (Fsp3) is 0.308. The second kappa shape index (κ2) is 5.50. The standard InChI is InChI=1S/C13H17N3O/c1-11(14)12-4-2-3-5-13(12)17-9-8-16-7-6-15-10-16/h2-7,10-11H,8-9,14H2,1H3/t11-/m1/s1. The fourth-order valence-electron chi connectivity index (χ4n) is 1.67. The first-order valence-corrected chi connectivity index (χ1v) is 5.70. The van der Waals surface area contributed by atoms with Gasteiger partial charge in [-0.3, -0.25) is 0 Å². The largest absolute Gasteiger partial charge is 0.491 e. The molecule has 1 heterocycles. The van der Waals surface area contributed by atoms with Crippen molar-refractivity contribution in [3.8, 4) is 5.75 Å². The van der Waals surface area contributed by atoms with E-state index >= 15 is 0 Å². The van der Waals surface area contributed by atoms with Gasteiger partial charge < -0.3 is 15.0 Å². The molecule has 2 aromatic rings. The third-order valence-corrected chi connectivity index (χ3v) is 2.58. The molecule has 1 aromatic heterocycles. The maximum atomic E-state index is 5.89. The predicted molar refractivity (Wildman–Crippen MR) is 66.8 cm³/mol. The zero-order chi connectivity index (χ0) is 12.1. The molecule has 0 bridgehead atoms. The molecule has 0 saturated heterocycles. The second-order valence-electron chi connectivity index (χ2n) is 3.98. The molecule has 0 saturated carbocycles. The summed E-state index contributed by atoms with van der Waals surface area (Å²) in [5.41, 5.74) is 6.93. The summed E-state index contributed by atoms with van der Waals surface area (Å²) in [5, 5.41) is 0. The van der Waals surface area contributed by atoms with Crippen LogP contribution < -0.4 is 10.5 Å². The van der Waals surface area contributed by atoms with Crippen LogP contribution in [0.5, 0.6) is 5.75 Å². The Bertz CT molecular complexity index is 451. The summed E-state index contributed by atoms with van der Waals surface area (Å²) in [6, 6.07) is 7.86. The van der Waals surface area contributed by atoms with Crippen LogP contribution in [0.15, 0.2) is 43.0 Å². The molecule has 2 N–H and O–H groups in total. The van der Waals surface area contributed by atoms with Crippen LogP contribution in [-0.4, -0.2) is 16.2 Å². The molecule has 90 valence electrons. The van der Waals surface area contributed by atoms with Crippen molar-refractivity contribution < 1.29 is 4.74 Å². The Balaban J connectivity index is 1.94. The van der Waals surface area contributed by atoms with Crippen molar-refractivity contribution in [3.63, 3.8) is 0 Å². The minimum atomic E-state index is -0.0144. The van der Waals surface area contributed by atoms with Crippen molar-refractivity contribution in [2.75, 3.05) is 6.61 Å². The van der Waals surface area contributed by atoms with Crippen molar-refractivity contribution in [2.24, 2.45) is 5.73 Å². The quantitative estimate of drug-likeness (QED) is 0.856. The molecule has 0 spiro atoms. The van der Waals surface area contributed by atoms with Crippen LogP contribution >= 0.6 is 0 Å². The van der Waals surface area contributed by atoms with E-state index in [0.29, 0.717) is 6.61 Å². The lowest BCUT2D eigenvalue weighted by molar-refractivity contribution is 0.294. The summed E-state index contributed by atoms with van der Waals surface area (Å²) in [4.78, 5) is 3.98. The number of hydrogen-bond donors (Lipinski definition) is 1. The molecular formula is C13H17N3O. The predicted octanol–water partition coefficient (Wildman–Crippen LogP) is 1.98. The van der Waals surface area contributed by atoms with Crippen molar-refractivity contribution in [1.29, 1.82) is 0 Å². The van der Waals surface area contributed by atoms with Crippen LogP contribution in [0.25, 0.3) is 0 Å². The lowest BCUT2D eigenvalue weighted by Crippen LogP contribution is -2.11. The van der Waals surface area contributed by atoms with E-state index in [-0.39, 0.29) is 6.04 Å². The number of ether oxygens (including phenoxy) is 1. The molecule has 0 aliphatic heterocycles. The van der Waals surface area contributed by atoms with Crippen molar-refractivity contribution in [1.82, 2.24) is 9.55 Å². The van der Waals surface area contributed by atoms with Crippen LogP contribution in [0.4, 0.5) is 0 Å². The highest BCUT2D eigenvalue weighted by Gasteiger charge is 2.06. The lowest BCUT2D eigenvalue weighted by Gasteiger charge is -2.13. The van der Waals surface area contributed by atoms with E-state index in [1.807, 2.05) is 42.0 Å². The first-order chi connectivity index (χ1) is 8.27. The van der Waals surface area contributed by atoms with E-state index in [1.54, 1.807) is 12.5 Å². The third-order valence-electron chi connectivity index (χ3n) is 2.58. The molecule has 4 nitrogen and oxygen atoms in total. The minimum absolute atomic E-state index is 0.0144. The Kier molecular flexibility index (Phi) is 3.77. The Morgan fingerprint density at radius 3 is 2.94 bits per heavy atom. The van der Waals surface area contributed by atoms with Gasteiger partial charge in [0.25, 0.3) is 0 Å². The monoisotopic (exact) mass is 231 g/mol. The van der Waals surface area contributed by atoms with E-state index in [2.05, 4.69) is 4.98 Å². The van der Waals surface area contributed by atoms with Crippen LogP contribution in [0.3, 0.4) is 0 Å². The second-order valence-corrected chi connectivity index (χ2v) is 3.98. The highest BCUT2D eigenvalue weighted by Crippen LogP contribution is 2.22. The third kappa shape index (κ3) is 3.07. The summed E-state index contributed by atoms with van der Waals surface area (Å²) < 4.78 is 7.72. The summed E-state index contributed by atoms with van der Waals surface area (Å²) >= 11 is 0. The zero-order valence-electron chi connectivity index (χ0n) is 9.91. The Labute approximate surface area is 101 Å². The molecule has 0 aliphatic carbocycles. The van der Waals surface area contributed by atoms with Crippen molar-refractivity contribution in [2.45, 2.75) is 19.5 Å². The van der Waals surface area contributed by atoms with Gasteiger partial charge in [-0.25, -0.2) is 4.98 Å². The Hall–Kier alpha value is -1.81. The van der Waals surface area contributed by atoms with Crippen LogP contribution in [0.2, 0.25) is 0 Å². The summed E-state index contributed by atoms with van der Waals surface area (Å²) in [6.07, 6.45) is 5.46. The number of rotatable bonds is 5. The van der Waals surface area contributed by atoms with Gasteiger partial charge in [0.05, 0.1) is 12.9 Å². The van der Waals surface area contributed by atoms with E-state index in [0.717, 1.165) is 17.9 Å². The van der Waals surface area contributed by atoms with Crippen LogP contribution in [0, 0.1) is 0 Å². The molecule has 0 amide bonds. The number of hydrogen-bond acceptors (Lipinski definition) is 3. The number of imidazole rings is 1. The number of para-hydroxylation sites is 1. The van der Waals surface area contributed by atoms with Crippen molar-refractivity contribution in [3.05, 3.63) is 48.5 Å². The number of nitrogens with zero attached hydrogens (tertiary/aromatic N) is 2. The highest BCUT2D eigenvalue weighted by molar-refractivity contribution is 5.35. The summed E-state index contributed by atoms with van der Waals surface area (Å²) in [7, 11) is 0. The number of aromatic nitrogens is 2. The van der Waals surface area contributed by atoms with Crippen LogP contribution in [0.1, 0.15) is 18.5 Å². The van der Waals surface area contributed by atoms with Gasteiger partial charge in [0.1, 0.15) is 12.4 Å². The zero-order valence-corrected chi connectivity index (χ0v) is 9.91. The molecule has 2 rings (SSSR count). The van der Waals surface area contributed by atoms with Crippen LogP contribution in [-0.2, 0) is 6.54 Å². The first kappa shape index (κ1) is 11.7. The molecular weight excluding hydrogens is 214 g/mol. The van der Waals surface area contributed by atoms with Gasteiger partial charge in [-0.15, -0.1) is 0 Å². The van der Waals surface area contributed by atoms with Gasteiger partial charge in [-0.1, -0.05) is 18.2 Å². The summed E-state index contributed by atoms with van der Waals surface area (Å²) in [6.45, 7) is 3.35. The lowest BCUT2D eigenvalue weighted by atomic mass is 10.1. The molecule has 17 heavy (non-hydrogen) atoms. The highest BCUT2D eigenvalue weighted by atomic mass is 16.5. The first-order valence-electron chi connectivity index (χ1n) is 5.70. The van der Waals surface area contributed by atoms with Crippen molar-refractivity contribution >= 4 is 0 Å². The minimum Gasteiger partial charge on any atom is -0.491 e. The number of benzene rings is 1. The maximum absolute atomic E-state index is 5.89. The Morgan fingerprint density at radius 1 is 1.41 bits per heavy atom. The van der Waals surface area contributed by atoms with E-state index in [4.69, 9.17) is 10.5 Å². The molecule has 1 atom stereocenters. The molecule has 0 aliphatic rings.